The first-order valence-electron chi connectivity index (χ1n) is 12.8. The van der Waals surface area contributed by atoms with E-state index in [1.807, 2.05) is 6.07 Å². The van der Waals surface area contributed by atoms with E-state index in [4.69, 9.17) is 20.0 Å². The monoisotopic (exact) mass is 606 g/mol. The first-order valence-corrected chi connectivity index (χ1v) is 14.4. The number of hydrogen-bond acceptors (Lipinski definition) is 4. The number of fused-ring (bicyclic) bond motifs is 2. The molecule has 5 rings (SSSR count). The number of nitrogens with zero attached hydrogens (tertiary/aromatic N) is 4. The molecule has 0 saturated heterocycles. The van der Waals surface area contributed by atoms with Gasteiger partial charge in [0.25, 0.3) is 0 Å². The van der Waals surface area contributed by atoms with Gasteiger partial charge < -0.3 is 0 Å². The van der Waals surface area contributed by atoms with Gasteiger partial charge in [-0.05, 0) is 85.0 Å². The molecule has 4 nitrogen and oxygen atoms in total. The summed E-state index contributed by atoms with van der Waals surface area (Å²) in [5.41, 5.74) is 5.58. The fourth-order valence-corrected chi connectivity index (χ4v) is 6.42. The SMILES string of the molecule is CCCc1cccc2c1=NC(Br)(c1ccc(C(C)(C)C)c(C3(Br)N=c4cccc(CCC)c4=N3)c1)N=2. The Hall–Kier alpha value is -2.18. The molecule has 3 aromatic rings. The van der Waals surface area contributed by atoms with E-state index in [1.54, 1.807) is 0 Å². The van der Waals surface area contributed by atoms with Gasteiger partial charge in [-0.15, -0.1) is 0 Å². The number of hydrogen-bond donors (Lipinski definition) is 0. The second-order valence-corrected chi connectivity index (χ2v) is 12.9. The summed E-state index contributed by atoms with van der Waals surface area (Å²) in [5.74, 6) is 0. The van der Waals surface area contributed by atoms with Crippen LogP contribution in [0, 0.1) is 0 Å². The molecule has 36 heavy (non-hydrogen) atoms. The van der Waals surface area contributed by atoms with E-state index in [0.717, 1.165) is 58.2 Å². The molecule has 0 radical (unpaired) electrons. The van der Waals surface area contributed by atoms with Crippen LogP contribution in [0.3, 0.4) is 0 Å². The van der Waals surface area contributed by atoms with Gasteiger partial charge in [0.05, 0.1) is 21.4 Å². The fraction of sp³-hybridized carbons (Fsp3) is 0.400. The van der Waals surface area contributed by atoms with Gasteiger partial charge >= 0.3 is 0 Å². The Balaban J connectivity index is 1.70. The maximum atomic E-state index is 5.19. The van der Waals surface area contributed by atoms with Gasteiger partial charge in [0.1, 0.15) is 0 Å². The summed E-state index contributed by atoms with van der Waals surface area (Å²) in [7, 11) is 0. The van der Waals surface area contributed by atoms with Crippen LogP contribution in [0.4, 0.5) is 0 Å². The molecule has 0 aromatic heterocycles. The summed E-state index contributed by atoms with van der Waals surface area (Å²) in [6.45, 7) is 11.1. The Kier molecular flexibility index (Phi) is 6.57. The topological polar surface area (TPSA) is 49.4 Å². The second kappa shape index (κ2) is 9.29. The van der Waals surface area contributed by atoms with Crippen molar-refractivity contribution in [3.05, 3.63) is 104 Å². The van der Waals surface area contributed by atoms with Crippen LogP contribution in [0.15, 0.2) is 74.6 Å². The predicted molar refractivity (Wildman–Crippen MR) is 152 cm³/mol. The molecule has 0 spiro atoms. The van der Waals surface area contributed by atoms with Gasteiger partial charge in [0.2, 0.25) is 9.14 Å². The van der Waals surface area contributed by atoms with E-state index in [9.17, 15) is 0 Å². The molecule has 0 fully saturated rings. The molecule has 0 aliphatic carbocycles. The molecule has 6 heteroatoms. The van der Waals surface area contributed by atoms with Crippen molar-refractivity contribution in [1.82, 2.24) is 0 Å². The van der Waals surface area contributed by atoms with Crippen LogP contribution in [0.1, 0.15) is 75.3 Å². The average Bonchev–Trinajstić information content (AvgIpc) is 3.37. The van der Waals surface area contributed by atoms with Crippen molar-refractivity contribution in [2.75, 3.05) is 0 Å². The third-order valence-electron chi connectivity index (χ3n) is 6.83. The summed E-state index contributed by atoms with van der Waals surface area (Å²) in [5, 5.41) is 3.84. The molecule has 0 N–H and O–H groups in total. The highest BCUT2D eigenvalue weighted by atomic mass is 79.9. The minimum absolute atomic E-state index is 0.0958. The van der Waals surface area contributed by atoms with Crippen LogP contribution in [0.25, 0.3) is 0 Å². The van der Waals surface area contributed by atoms with Crippen molar-refractivity contribution >= 4 is 31.9 Å². The van der Waals surface area contributed by atoms with Gasteiger partial charge in [-0.1, -0.05) is 83.9 Å². The lowest BCUT2D eigenvalue weighted by Gasteiger charge is -2.29. The molecule has 2 unspecified atom stereocenters. The molecular formula is C30H32Br2N4. The number of rotatable bonds is 6. The lowest BCUT2D eigenvalue weighted by molar-refractivity contribution is 0.563. The van der Waals surface area contributed by atoms with Gasteiger partial charge in [-0.2, -0.15) is 0 Å². The minimum atomic E-state index is -0.889. The standard InChI is InChI=1S/C30H32Br2N4/c1-6-10-19-12-8-14-24-26(19)35-29(31,33-24)21-16-17-22(28(3,4)5)23(18-21)30(32)34-25-15-9-13-20(11-7-2)27(25)36-30/h8-9,12-18H,6-7,10-11H2,1-5H3. The molecular weight excluding hydrogens is 576 g/mol. The summed E-state index contributed by atoms with van der Waals surface area (Å²) in [6.07, 6.45) is 4.11. The van der Waals surface area contributed by atoms with Crippen LogP contribution in [-0.4, -0.2) is 0 Å². The van der Waals surface area contributed by atoms with Crippen LogP contribution in [-0.2, 0) is 27.4 Å². The highest BCUT2D eigenvalue weighted by Crippen LogP contribution is 2.44. The van der Waals surface area contributed by atoms with Crippen LogP contribution in [0.2, 0.25) is 0 Å². The number of para-hydroxylation sites is 2. The van der Waals surface area contributed by atoms with Gasteiger partial charge in [-0.25, -0.2) is 20.0 Å². The Labute approximate surface area is 229 Å². The Morgan fingerprint density at radius 1 is 0.694 bits per heavy atom. The lowest BCUT2D eigenvalue weighted by Crippen LogP contribution is -2.25. The average molecular weight is 608 g/mol. The van der Waals surface area contributed by atoms with Crippen molar-refractivity contribution in [3.63, 3.8) is 0 Å². The van der Waals surface area contributed by atoms with Crippen LogP contribution < -0.4 is 21.4 Å². The molecule has 2 atom stereocenters. The fourth-order valence-electron chi connectivity index (χ4n) is 5.11. The van der Waals surface area contributed by atoms with E-state index in [2.05, 4.69) is 115 Å². The lowest BCUT2D eigenvalue weighted by atomic mass is 9.82. The number of benzene rings is 3. The van der Waals surface area contributed by atoms with Crippen molar-refractivity contribution < 1.29 is 0 Å². The van der Waals surface area contributed by atoms with Crippen LogP contribution in [0.5, 0.6) is 0 Å². The first kappa shape index (κ1) is 25.5. The number of halogens is 2. The molecule has 3 aromatic carbocycles. The maximum Gasteiger partial charge on any atom is 0.233 e. The van der Waals surface area contributed by atoms with Gasteiger partial charge in [0.15, 0.2) is 0 Å². The normalized spacial score (nSPS) is 22.2. The molecule has 2 heterocycles. The molecule has 2 aliphatic heterocycles. The van der Waals surface area contributed by atoms with E-state index >= 15 is 0 Å². The third-order valence-corrected chi connectivity index (χ3v) is 8.42. The largest absolute Gasteiger partial charge is 0.238 e. The molecule has 0 amide bonds. The molecule has 2 aliphatic rings. The van der Waals surface area contributed by atoms with E-state index in [-0.39, 0.29) is 5.41 Å². The summed E-state index contributed by atoms with van der Waals surface area (Å²) in [4.78, 5) is 20.4. The van der Waals surface area contributed by atoms with Gasteiger partial charge in [-0.3, -0.25) is 0 Å². The Morgan fingerprint density at radius 2 is 1.22 bits per heavy atom. The zero-order valence-electron chi connectivity index (χ0n) is 21.6. The number of alkyl halides is 2. The quantitative estimate of drug-likeness (QED) is 0.251. The second-order valence-electron chi connectivity index (χ2n) is 10.7. The Bertz CT molecular complexity index is 1590. The van der Waals surface area contributed by atoms with E-state index in [1.165, 1.54) is 16.7 Å². The summed E-state index contributed by atoms with van der Waals surface area (Å²) < 4.78 is -1.76. The summed E-state index contributed by atoms with van der Waals surface area (Å²) >= 11 is 7.88. The maximum absolute atomic E-state index is 5.19. The zero-order chi connectivity index (χ0) is 25.7. The third kappa shape index (κ3) is 4.41. The molecule has 186 valence electrons. The van der Waals surface area contributed by atoms with Crippen molar-refractivity contribution in [2.45, 2.75) is 74.9 Å². The first-order chi connectivity index (χ1) is 17.1. The predicted octanol–water partition coefficient (Wildman–Crippen LogP) is 5.81. The number of aryl methyl sites for hydroxylation is 2. The highest BCUT2D eigenvalue weighted by molar-refractivity contribution is 9.09. The minimum Gasteiger partial charge on any atom is -0.238 e. The zero-order valence-corrected chi connectivity index (χ0v) is 24.7. The van der Waals surface area contributed by atoms with Gasteiger partial charge in [0, 0.05) is 11.1 Å². The van der Waals surface area contributed by atoms with E-state index < -0.39 is 9.14 Å². The highest BCUT2D eigenvalue weighted by Gasteiger charge is 2.39. The smallest absolute Gasteiger partial charge is 0.233 e. The van der Waals surface area contributed by atoms with Crippen molar-refractivity contribution in [3.8, 4) is 0 Å². The van der Waals surface area contributed by atoms with Crippen molar-refractivity contribution in [1.29, 1.82) is 0 Å². The van der Waals surface area contributed by atoms with Crippen LogP contribution >= 0.6 is 31.9 Å². The molecule has 0 bridgehead atoms. The summed E-state index contributed by atoms with van der Waals surface area (Å²) in [6, 6.07) is 19.1. The molecule has 0 saturated carbocycles. The van der Waals surface area contributed by atoms with Crippen molar-refractivity contribution in [2.24, 2.45) is 20.0 Å². The Morgan fingerprint density at radius 3 is 1.75 bits per heavy atom. The van der Waals surface area contributed by atoms with E-state index in [0.29, 0.717) is 0 Å².